The van der Waals surface area contributed by atoms with E-state index in [-0.39, 0.29) is 5.56 Å². The molecule has 0 amide bonds. The van der Waals surface area contributed by atoms with Crippen LogP contribution in [0.2, 0.25) is 0 Å². The van der Waals surface area contributed by atoms with Crippen LogP contribution in [0.25, 0.3) is 0 Å². The van der Waals surface area contributed by atoms with Crippen LogP contribution in [0.15, 0.2) is 42.6 Å². The Bertz CT molecular complexity index is 673. The van der Waals surface area contributed by atoms with Crippen molar-refractivity contribution in [2.24, 2.45) is 0 Å². The number of nitro groups is 1. The van der Waals surface area contributed by atoms with E-state index >= 15 is 0 Å². The van der Waals surface area contributed by atoms with E-state index in [9.17, 15) is 14.9 Å². The highest BCUT2D eigenvalue weighted by Crippen LogP contribution is 2.27. The number of rotatable bonds is 5. The summed E-state index contributed by atoms with van der Waals surface area (Å²) < 4.78 is 0. The summed E-state index contributed by atoms with van der Waals surface area (Å²) in [5.41, 5.74) is -0.0626. The number of pyridine rings is 1. The number of hydrogen-bond acceptors (Lipinski definition) is 5. The normalized spacial score (nSPS) is 10.1. The summed E-state index contributed by atoms with van der Waals surface area (Å²) in [5.74, 6) is -0.999. The molecule has 21 heavy (non-hydrogen) atoms. The zero-order valence-corrected chi connectivity index (χ0v) is 11.3. The highest BCUT2D eigenvalue weighted by atomic mass is 16.6. The number of carbonyl (C=O) groups is 1. The second kappa shape index (κ2) is 6.00. The highest BCUT2D eigenvalue weighted by molar-refractivity contribution is 5.93. The average Bonchev–Trinajstić information content (AvgIpc) is 2.48. The van der Waals surface area contributed by atoms with Gasteiger partial charge in [-0.15, -0.1) is 0 Å². The van der Waals surface area contributed by atoms with Gasteiger partial charge in [0, 0.05) is 18.3 Å². The molecule has 0 aliphatic rings. The molecule has 0 atom stereocenters. The summed E-state index contributed by atoms with van der Waals surface area (Å²) in [5, 5.41) is 19.9. The lowest BCUT2D eigenvalue weighted by Crippen LogP contribution is -2.18. The molecular weight excluding hydrogens is 274 g/mol. The molecule has 7 heteroatoms. The molecule has 1 aromatic heterocycles. The van der Waals surface area contributed by atoms with E-state index in [4.69, 9.17) is 5.11 Å². The molecule has 0 radical (unpaired) electrons. The quantitative estimate of drug-likeness (QED) is 0.671. The third-order valence-corrected chi connectivity index (χ3v) is 2.96. The molecule has 0 aliphatic carbocycles. The van der Waals surface area contributed by atoms with Crippen LogP contribution in [0.3, 0.4) is 0 Å². The van der Waals surface area contributed by atoms with Gasteiger partial charge in [-0.3, -0.25) is 10.1 Å². The van der Waals surface area contributed by atoms with Gasteiger partial charge in [-0.1, -0.05) is 18.2 Å². The Labute approximate surface area is 120 Å². The van der Waals surface area contributed by atoms with Crippen LogP contribution in [0.5, 0.6) is 0 Å². The lowest BCUT2D eigenvalue weighted by molar-refractivity contribution is -0.385. The fourth-order valence-corrected chi connectivity index (χ4v) is 1.99. The summed E-state index contributed by atoms with van der Waals surface area (Å²) in [6, 6.07) is 10.5. The van der Waals surface area contributed by atoms with Crippen molar-refractivity contribution < 1.29 is 14.8 Å². The van der Waals surface area contributed by atoms with E-state index in [1.54, 1.807) is 4.90 Å². The Hall–Kier alpha value is -2.96. The highest BCUT2D eigenvalue weighted by Gasteiger charge is 2.22. The number of carboxylic acid groups (broad SMARTS) is 1. The number of nitrogens with zero attached hydrogens (tertiary/aromatic N) is 3. The van der Waals surface area contributed by atoms with Gasteiger partial charge in [0.1, 0.15) is 17.6 Å². The minimum atomic E-state index is -1.35. The minimum Gasteiger partial charge on any atom is -0.477 e. The number of anilines is 2. The Morgan fingerprint density at radius 3 is 2.57 bits per heavy atom. The van der Waals surface area contributed by atoms with Gasteiger partial charge in [-0.25, -0.2) is 9.78 Å². The van der Waals surface area contributed by atoms with Crippen LogP contribution < -0.4 is 4.90 Å². The monoisotopic (exact) mass is 287 g/mol. The Morgan fingerprint density at radius 1 is 1.38 bits per heavy atom. The molecule has 0 spiro atoms. The van der Waals surface area contributed by atoms with Crippen molar-refractivity contribution in [2.45, 2.75) is 6.92 Å². The minimum absolute atomic E-state index is 0.353. The molecule has 0 saturated heterocycles. The van der Waals surface area contributed by atoms with Crippen LogP contribution in [-0.2, 0) is 0 Å². The van der Waals surface area contributed by atoms with E-state index in [0.717, 1.165) is 11.9 Å². The Balaban J connectivity index is 2.51. The van der Waals surface area contributed by atoms with Gasteiger partial charge in [-0.2, -0.15) is 0 Å². The Morgan fingerprint density at radius 2 is 2.05 bits per heavy atom. The maximum absolute atomic E-state index is 11.2. The van der Waals surface area contributed by atoms with Crippen molar-refractivity contribution in [1.82, 2.24) is 4.98 Å². The average molecular weight is 287 g/mol. The SMILES string of the molecule is CCN(c1ccccc1)c1cc(C(=O)O)c([N+](=O)[O-])cn1. The molecule has 1 aromatic carbocycles. The molecule has 2 rings (SSSR count). The number of para-hydroxylation sites is 1. The van der Waals surface area contributed by atoms with Gasteiger partial charge in [0.2, 0.25) is 0 Å². The van der Waals surface area contributed by atoms with E-state index in [1.165, 1.54) is 6.07 Å². The molecule has 0 saturated carbocycles. The van der Waals surface area contributed by atoms with Crippen LogP contribution >= 0.6 is 0 Å². The smallest absolute Gasteiger partial charge is 0.342 e. The summed E-state index contributed by atoms with van der Waals surface area (Å²) in [4.78, 5) is 27.0. The molecule has 2 aromatic rings. The predicted octanol–water partition coefficient (Wildman–Crippen LogP) is 2.85. The third kappa shape index (κ3) is 2.97. The maximum Gasteiger partial charge on any atom is 0.342 e. The van der Waals surface area contributed by atoms with Crippen molar-refractivity contribution in [1.29, 1.82) is 0 Å². The van der Waals surface area contributed by atoms with Gasteiger partial charge in [0.05, 0.1) is 4.92 Å². The van der Waals surface area contributed by atoms with Gasteiger partial charge in [0.25, 0.3) is 0 Å². The lowest BCUT2D eigenvalue weighted by Gasteiger charge is -2.22. The Kier molecular flexibility index (Phi) is 4.13. The summed E-state index contributed by atoms with van der Waals surface area (Å²) in [6.45, 7) is 2.43. The predicted molar refractivity (Wildman–Crippen MR) is 77.0 cm³/mol. The topological polar surface area (TPSA) is 96.6 Å². The van der Waals surface area contributed by atoms with Gasteiger partial charge in [0.15, 0.2) is 0 Å². The molecule has 7 nitrogen and oxygen atoms in total. The molecular formula is C14H13N3O4. The third-order valence-electron chi connectivity index (χ3n) is 2.96. The molecule has 0 aliphatic heterocycles. The van der Waals surface area contributed by atoms with Crippen LogP contribution in [0.4, 0.5) is 17.2 Å². The summed E-state index contributed by atoms with van der Waals surface area (Å²) in [6.07, 6.45) is 0.977. The zero-order valence-electron chi connectivity index (χ0n) is 11.3. The molecule has 0 bridgehead atoms. The first-order valence-electron chi connectivity index (χ1n) is 6.25. The van der Waals surface area contributed by atoms with E-state index in [1.807, 2.05) is 37.3 Å². The van der Waals surface area contributed by atoms with Crippen LogP contribution in [0, 0.1) is 10.1 Å². The second-order valence-electron chi connectivity index (χ2n) is 4.20. The van der Waals surface area contributed by atoms with Crippen molar-refractivity contribution in [3.63, 3.8) is 0 Å². The van der Waals surface area contributed by atoms with Gasteiger partial charge < -0.3 is 10.0 Å². The number of aromatic carboxylic acids is 1. The molecule has 0 unspecified atom stereocenters. The summed E-state index contributed by atoms with van der Waals surface area (Å²) in [7, 11) is 0. The first-order valence-corrected chi connectivity index (χ1v) is 6.25. The maximum atomic E-state index is 11.2. The number of benzene rings is 1. The second-order valence-corrected chi connectivity index (χ2v) is 4.20. The van der Waals surface area contributed by atoms with Gasteiger partial charge in [-0.05, 0) is 19.1 Å². The van der Waals surface area contributed by atoms with E-state index < -0.39 is 16.6 Å². The lowest BCUT2D eigenvalue weighted by atomic mass is 10.2. The molecule has 1 heterocycles. The zero-order chi connectivity index (χ0) is 15.4. The first kappa shape index (κ1) is 14.4. The molecule has 0 fully saturated rings. The molecule has 108 valence electrons. The number of aromatic nitrogens is 1. The standard InChI is InChI=1S/C14H13N3O4/c1-2-16(10-6-4-3-5-7-10)13-8-11(14(18)19)12(9-15-13)17(20)21/h3-9H,2H2,1H3,(H,18,19). The summed E-state index contributed by atoms with van der Waals surface area (Å²) >= 11 is 0. The van der Waals surface area contributed by atoms with Crippen molar-refractivity contribution in [2.75, 3.05) is 11.4 Å². The fourth-order valence-electron chi connectivity index (χ4n) is 1.99. The van der Waals surface area contributed by atoms with Crippen molar-refractivity contribution in [3.05, 3.63) is 58.3 Å². The fraction of sp³-hybridized carbons (Fsp3) is 0.143. The van der Waals surface area contributed by atoms with Crippen molar-refractivity contribution >= 4 is 23.2 Å². The largest absolute Gasteiger partial charge is 0.477 e. The van der Waals surface area contributed by atoms with Crippen LogP contribution in [-0.4, -0.2) is 27.5 Å². The van der Waals surface area contributed by atoms with Crippen LogP contribution in [0.1, 0.15) is 17.3 Å². The molecule has 1 N–H and O–H groups in total. The first-order chi connectivity index (χ1) is 10.0. The number of carboxylic acids is 1. The number of hydrogen-bond donors (Lipinski definition) is 1. The van der Waals surface area contributed by atoms with Crippen molar-refractivity contribution in [3.8, 4) is 0 Å². The van der Waals surface area contributed by atoms with Gasteiger partial charge >= 0.3 is 11.7 Å². The van der Waals surface area contributed by atoms with E-state index in [2.05, 4.69) is 4.98 Å². The van der Waals surface area contributed by atoms with E-state index in [0.29, 0.717) is 12.4 Å².